The van der Waals surface area contributed by atoms with Crippen molar-refractivity contribution in [3.63, 3.8) is 0 Å². The van der Waals surface area contributed by atoms with Crippen LogP contribution in [0.3, 0.4) is 0 Å². The zero-order valence-corrected chi connectivity index (χ0v) is 10.5. The van der Waals surface area contributed by atoms with Crippen LogP contribution in [-0.4, -0.2) is 0 Å². The third-order valence-electron chi connectivity index (χ3n) is 1.78. The van der Waals surface area contributed by atoms with E-state index >= 15 is 0 Å². The minimum Gasteiger partial charge on any atom is -0.0628 e. The van der Waals surface area contributed by atoms with Crippen molar-refractivity contribution in [1.29, 1.82) is 0 Å². The number of rotatable bonds is 6. The van der Waals surface area contributed by atoms with E-state index in [0.717, 1.165) is 12.3 Å². The van der Waals surface area contributed by atoms with Crippen molar-refractivity contribution in [3.8, 4) is 0 Å². The van der Waals surface area contributed by atoms with E-state index in [1.165, 1.54) is 32.1 Å². The maximum Gasteiger partial charge on any atom is 0 e. The first-order valence-corrected chi connectivity index (χ1v) is 4.56. The summed E-state index contributed by atoms with van der Waals surface area (Å²) < 4.78 is 0. The summed E-state index contributed by atoms with van der Waals surface area (Å²) in [4.78, 5) is 0. The molecule has 0 unspecified atom stereocenters. The molecule has 0 spiro atoms. The molecule has 0 aromatic heterocycles. The molecule has 0 rings (SSSR count). The predicted molar refractivity (Wildman–Crippen MR) is 47.9 cm³/mol. The molecule has 11 heavy (non-hydrogen) atoms. The number of hydrogen-bond acceptors (Lipinski definition) is 0. The molecule has 1 radical (unpaired) electrons. The van der Waals surface area contributed by atoms with Gasteiger partial charge in [-0.15, -0.1) is 0 Å². The molecule has 0 aromatic rings. The van der Waals surface area contributed by atoms with Crippen molar-refractivity contribution in [2.24, 2.45) is 5.92 Å². The summed E-state index contributed by atoms with van der Waals surface area (Å²) in [6.07, 6.45) is 8.04. The van der Waals surface area contributed by atoms with Gasteiger partial charge in [-0.3, -0.25) is 0 Å². The maximum atomic E-state index is 3.82. The van der Waals surface area contributed by atoms with Crippen LogP contribution in [0.2, 0.25) is 0 Å². The molecule has 0 atom stereocenters. The Morgan fingerprint density at radius 2 is 1.55 bits per heavy atom. The van der Waals surface area contributed by atoms with Crippen molar-refractivity contribution < 1.29 is 26.2 Å². The van der Waals surface area contributed by atoms with Gasteiger partial charge in [0.2, 0.25) is 0 Å². The van der Waals surface area contributed by atoms with Gasteiger partial charge in [-0.2, -0.15) is 0 Å². The second kappa shape index (κ2) is 10.9. The summed E-state index contributed by atoms with van der Waals surface area (Å²) in [5.41, 5.74) is 0. The van der Waals surface area contributed by atoms with Gasteiger partial charge in [-0.1, -0.05) is 59.3 Å². The molecule has 0 nitrogen and oxygen atoms in total. The van der Waals surface area contributed by atoms with Gasteiger partial charge in [0, 0.05) is 26.2 Å². The van der Waals surface area contributed by atoms with Crippen LogP contribution in [0.4, 0.5) is 0 Å². The Morgan fingerprint density at radius 3 is 2.00 bits per heavy atom. The molecule has 65 valence electrons. The molecule has 0 bridgehead atoms. The molecule has 0 heterocycles. The van der Waals surface area contributed by atoms with Crippen molar-refractivity contribution >= 4 is 0 Å². The van der Waals surface area contributed by atoms with E-state index in [-0.39, 0.29) is 26.2 Å². The molecular formula is C10H21Zr. The Labute approximate surface area is 91.3 Å². The zero-order chi connectivity index (χ0) is 7.82. The minimum atomic E-state index is 0. The fraction of sp³-hybridized carbons (Fsp3) is 0.900. The van der Waals surface area contributed by atoms with Crippen LogP contribution in [0.25, 0.3) is 0 Å². The van der Waals surface area contributed by atoms with Crippen LogP contribution >= 0.6 is 0 Å². The van der Waals surface area contributed by atoms with Crippen LogP contribution in [-0.2, 0) is 26.2 Å². The molecule has 0 aliphatic heterocycles. The SMILES string of the molecule is [CH2]CCCCCCC(C)C.[Zr]. The van der Waals surface area contributed by atoms with E-state index in [4.69, 9.17) is 0 Å². The summed E-state index contributed by atoms with van der Waals surface area (Å²) in [7, 11) is 0. The van der Waals surface area contributed by atoms with Gasteiger partial charge in [0.1, 0.15) is 0 Å². The normalized spacial score (nSPS) is 9.82. The van der Waals surface area contributed by atoms with Gasteiger partial charge in [0.25, 0.3) is 0 Å². The fourth-order valence-electron chi connectivity index (χ4n) is 1.08. The predicted octanol–water partition coefficient (Wildman–Crippen LogP) is 3.81. The minimum absolute atomic E-state index is 0. The topological polar surface area (TPSA) is 0 Å². The van der Waals surface area contributed by atoms with Crippen molar-refractivity contribution in [1.82, 2.24) is 0 Å². The average molecular weight is 233 g/mol. The summed E-state index contributed by atoms with van der Waals surface area (Å²) in [5, 5.41) is 0. The number of unbranched alkanes of at least 4 members (excludes halogenated alkanes) is 4. The van der Waals surface area contributed by atoms with E-state index in [2.05, 4.69) is 20.8 Å². The Morgan fingerprint density at radius 1 is 1.00 bits per heavy atom. The first kappa shape index (κ1) is 14.4. The molecular weight excluding hydrogens is 211 g/mol. The van der Waals surface area contributed by atoms with E-state index < -0.39 is 0 Å². The first-order chi connectivity index (χ1) is 4.77. The van der Waals surface area contributed by atoms with E-state index in [9.17, 15) is 0 Å². The zero-order valence-electron chi connectivity index (χ0n) is 8.03. The Kier molecular flexibility index (Phi) is 14.3. The monoisotopic (exact) mass is 231 g/mol. The van der Waals surface area contributed by atoms with Crippen LogP contribution < -0.4 is 0 Å². The Hall–Kier alpha value is 0.883. The Balaban J connectivity index is 0. The summed E-state index contributed by atoms with van der Waals surface area (Å²) in [5.74, 6) is 0.889. The third kappa shape index (κ3) is 13.8. The summed E-state index contributed by atoms with van der Waals surface area (Å²) in [6, 6.07) is 0. The van der Waals surface area contributed by atoms with Gasteiger partial charge in [0.15, 0.2) is 0 Å². The average Bonchev–Trinajstić information content (AvgIpc) is 1.87. The molecule has 1 heteroatoms. The van der Waals surface area contributed by atoms with Gasteiger partial charge in [0.05, 0.1) is 0 Å². The van der Waals surface area contributed by atoms with Crippen LogP contribution in [0.15, 0.2) is 0 Å². The van der Waals surface area contributed by atoms with Crippen LogP contribution in [0.5, 0.6) is 0 Å². The first-order valence-electron chi connectivity index (χ1n) is 4.56. The van der Waals surface area contributed by atoms with Crippen molar-refractivity contribution in [2.45, 2.75) is 52.4 Å². The maximum absolute atomic E-state index is 3.82. The summed E-state index contributed by atoms with van der Waals surface area (Å²) in [6.45, 7) is 8.40. The fourth-order valence-corrected chi connectivity index (χ4v) is 1.08. The van der Waals surface area contributed by atoms with Crippen molar-refractivity contribution in [3.05, 3.63) is 6.92 Å². The molecule has 0 saturated carbocycles. The van der Waals surface area contributed by atoms with Gasteiger partial charge in [-0.05, 0) is 5.92 Å². The molecule has 0 saturated heterocycles. The van der Waals surface area contributed by atoms with Crippen molar-refractivity contribution in [2.75, 3.05) is 0 Å². The molecule has 0 aliphatic rings. The second-order valence-corrected chi connectivity index (χ2v) is 3.45. The quantitative estimate of drug-likeness (QED) is 0.611. The molecule has 0 amide bonds. The van der Waals surface area contributed by atoms with Gasteiger partial charge in [-0.25, -0.2) is 0 Å². The smallest absolute Gasteiger partial charge is 0 e. The van der Waals surface area contributed by atoms with Gasteiger partial charge >= 0.3 is 0 Å². The molecule has 0 N–H and O–H groups in total. The molecule has 0 aliphatic carbocycles. The van der Waals surface area contributed by atoms with Gasteiger partial charge < -0.3 is 0 Å². The standard InChI is InChI=1S/C10H21.Zr/c1-4-5-6-7-8-9-10(2)3;/h10H,1,4-9H2,2-3H3;. The molecule has 0 fully saturated rings. The second-order valence-electron chi connectivity index (χ2n) is 3.45. The summed E-state index contributed by atoms with van der Waals surface area (Å²) >= 11 is 0. The largest absolute Gasteiger partial charge is 0.0628 e. The van der Waals surface area contributed by atoms with Crippen LogP contribution in [0.1, 0.15) is 52.4 Å². The van der Waals surface area contributed by atoms with E-state index in [1.54, 1.807) is 0 Å². The molecule has 0 aromatic carbocycles. The van der Waals surface area contributed by atoms with E-state index in [1.807, 2.05) is 0 Å². The Bertz CT molecular complexity index is 59.9. The third-order valence-corrected chi connectivity index (χ3v) is 1.78. The number of hydrogen-bond donors (Lipinski definition) is 0. The van der Waals surface area contributed by atoms with Crippen LogP contribution in [0, 0.1) is 12.8 Å². The van der Waals surface area contributed by atoms with E-state index in [0.29, 0.717) is 0 Å².